The number of hydrogen-bond donors (Lipinski definition) is 2. The van der Waals surface area contributed by atoms with E-state index in [0.29, 0.717) is 6.04 Å². The van der Waals surface area contributed by atoms with E-state index in [1.54, 1.807) is 20.8 Å². The van der Waals surface area contributed by atoms with Crippen LogP contribution in [0.1, 0.15) is 40.5 Å². The van der Waals surface area contributed by atoms with Crippen LogP contribution in [0.15, 0.2) is 0 Å². The largest absolute Gasteiger partial charge is 0.481 e. The van der Waals surface area contributed by atoms with E-state index in [-0.39, 0.29) is 11.9 Å². The van der Waals surface area contributed by atoms with E-state index in [9.17, 15) is 14.7 Å². The van der Waals surface area contributed by atoms with Gasteiger partial charge in [0.1, 0.15) is 5.92 Å². The molecule has 5 nitrogen and oxygen atoms in total. The SMILES string of the molecule is CC1CC(NC(=O)C(C(=O)O)C(C)(C)C)CCN1C. The van der Waals surface area contributed by atoms with Crippen molar-refractivity contribution in [1.29, 1.82) is 0 Å². The Hall–Kier alpha value is -1.10. The second kappa shape index (κ2) is 5.90. The first-order valence-corrected chi connectivity index (χ1v) is 6.86. The molecule has 110 valence electrons. The molecule has 1 heterocycles. The van der Waals surface area contributed by atoms with Gasteiger partial charge in [-0.1, -0.05) is 20.8 Å². The van der Waals surface area contributed by atoms with Crippen LogP contribution in [0.2, 0.25) is 0 Å². The molecule has 1 amide bonds. The van der Waals surface area contributed by atoms with Gasteiger partial charge in [0.05, 0.1) is 0 Å². The third-order valence-electron chi connectivity index (χ3n) is 3.93. The predicted molar refractivity (Wildman–Crippen MR) is 73.8 cm³/mol. The molecule has 0 aliphatic carbocycles. The Balaban J connectivity index is 2.65. The van der Waals surface area contributed by atoms with Crippen LogP contribution in [0.4, 0.5) is 0 Å². The number of aliphatic carboxylic acids is 1. The smallest absolute Gasteiger partial charge is 0.316 e. The quantitative estimate of drug-likeness (QED) is 0.759. The molecule has 0 aromatic rings. The second-order valence-corrected chi connectivity index (χ2v) is 6.70. The molecule has 3 unspecified atom stereocenters. The van der Waals surface area contributed by atoms with Crippen LogP contribution in [0, 0.1) is 11.3 Å². The lowest BCUT2D eigenvalue weighted by molar-refractivity contribution is -0.151. The fourth-order valence-corrected chi connectivity index (χ4v) is 2.58. The van der Waals surface area contributed by atoms with Crippen LogP contribution in [-0.4, -0.2) is 47.6 Å². The number of nitrogens with zero attached hydrogens (tertiary/aromatic N) is 1. The Morgan fingerprint density at radius 2 is 1.95 bits per heavy atom. The number of rotatable bonds is 3. The minimum Gasteiger partial charge on any atom is -0.481 e. The Kier molecular flexibility index (Phi) is 4.96. The highest BCUT2D eigenvalue weighted by Crippen LogP contribution is 2.27. The van der Waals surface area contributed by atoms with Crippen molar-refractivity contribution in [2.45, 2.75) is 52.6 Å². The van der Waals surface area contributed by atoms with E-state index in [4.69, 9.17) is 0 Å². The molecule has 5 heteroatoms. The number of carbonyl (C=O) groups excluding carboxylic acids is 1. The zero-order valence-electron chi connectivity index (χ0n) is 12.6. The number of likely N-dealkylation sites (tertiary alicyclic amines) is 1. The van der Waals surface area contributed by atoms with Gasteiger partial charge in [0.2, 0.25) is 5.91 Å². The summed E-state index contributed by atoms with van der Waals surface area (Å²) in [5.74, 6) is -2.41. The van der Waals surface area contributed by atoms with Gasteiger partial charge in [-0.05, 0) is 32.2 Å². The van der Waals surface area contributed by atoms with Crippen molar-refractivity contribution in [1.82, 2.24) is 10.2 Å². The van der Waals surface area contributed by atoms with Gasteiger partial charge in [-0.25, -0.2) is 0 Å². The molecule has 0 bridgehead atoms. The summed E-state index contributed by atoms with van der Waals surface area (Å²) in [6.45, 7) is 8.39. The van der Waals surface area contributed by atoms with Gasteiger partial charge in [-0.2, -0.15) is 0 Å². The van der Waals surface area contributed by atoms with Crippen molar-refractivity contribution in [3.05, 3.63) is 0 Å². The number of carboxylic acid groups (broad SMARTS) is 1. The van der Waals surface area contributed by atoms with Crippen LogP contribution in [0.3, 0.4) is 0 Å². The molecule has 1 aliphatic rings. The summed E-state index contributed by atoms with van der Waals surface area (Å²) in [6, 6.07) is 0.500. The second-order valence-electron chi connectivity index (χ2n) is 6.70. The minimum absolute atomic E-state index is 0.0860. The molecule has 1 saturated heterocycles. The fraction of sp³-hybridized carbons (Fsp3) is 0.857. The van der Waals surface area contributed by atoms with Gasteiger partial charge in [0.15, 0.2) is 0 Å². The predicted octanol–water partition coefficient (Wildman–Crippen LogP) is 1.33. The van der Waals surface area contributed by atoms with Crippen LogP contribution in [0.5, 0.6) is 0 Å². The summed E-state index contributed by atoms with van der Waals surface area (Å²) in [5.41, 5.74) is -0.576. The number of piperidine rings is 1. The van der Waals surface area contributed by atoms with E-state index in [1.807, 2.05) is 0 Å². The maximum Gasteiger partial charge on any atom is 0.316 e. The van der Waals surface area contributed by atoms with Gasteiger partial charge in [0.25, 0.3) is 0 Å². The zero-order valence-corrected chi connectivity index (χ0v) is 12.6. The van der Waals surface area contributed by atoms with Crippen molar-refractivity contribution in [3.63, 3.8) is 0 Å². The van der Waals surface area contributed by atoms with Crippen molar-refractivity contribution in [2.24, 2.45) is 11.3 Å². The minimum atomic E-state index is -1.05. The number of carbonyl (C=O) groups is 2. The fourth-order valence-electron chi connectivity index (χ4n) is 2.58. The molecule has 3 atom stereocenters. The van der Waals surface area contributed by atoms with Gasteiger partial charge in [0, 0.05) is 18.6 Å². The van der Waals surface area contributed by atoms with E-state index in [1.165, 1.54) is 0 Å². The molecular weight excluding hydrogens is 244 g/mol. The first kappa shape index (κ1) is 16.0. The average molecular weight is 270 g/mol. The van der Waals surface area contributed by atoms with Crippen molar-refractivity contribution < 1.29 is 14.7 Å². The lowest BCUT2D eigenvalue weighted by Crippen LogP contribution is -2.51. The highest BCUT2D eigenvalue weighted by Gasteiger charge is 2.38. The first-order valence-electron chi connectivity index (χ1n) is 6.86. The number of nitrogens with one attached hydrogen (secondary N) is 1. The summed E-state index contributed by atoms with van der Waals surface area (Å²) in [7, 11) is 2.07. The average Bonchev–Trinajstić information content (AvgIpc) is 2.20. The van der Waals surface area contributed by atoms with Crippen LogP contribution >= 0.6 is 0 Å². The van der Waals surface area contributed by atoms with Gasteiger partial charge in [-0.15, -0.1) is 0 Å². The summed E-state index contributed by atoms with van der Waals surface area (Å²) in [6.07, 6.45) is 1.75. The zero-order chi connectivity index (χ0) is 14.8. The molecule has 1 aliphatic heterocycles. The molecule has 0 aromatic heterocycles. The topological polar surface area (TPSA) is 69.6 Å². The summed E-state index contributed by atoms with van der Waals surface area (Å²) in [4.78, 5) is 25.7. The monoisotopic (exact) mass is 270 g/mol. The molecule has 19 heavy (non-hydrogen) atoms. The summed E-state index contributed by atoms with van der Waals surface area (Å²) < 4.78 is 0. The van der Waals surface area contributed by atoms with Crippen molar-refractivity contribution in [3.8, 4) is 0 Å². The molecular formula is C14H26N2O3. The molecule has 0 radical (unpaired) electrons. The summed E-state index contributed by atoms with van der Waals surface area (Å²) in [5, 5.41) is 12.1. The summed E-state index contributed by atoms with van der Waals surface area (Å²) >= 11 is 0. The Labute approximate surface area is 115 Å². The van der Waals surface area contributed by atoms with Crippen LogP contribution < -0.4 is 5.32 Å². The number of amides is 1. The van der Waals surface area contributed by atoms with Crippen molar-refractivity contribution in [2.75, 3.05) is 13.6 Å². The molecule has 1 fully saturated rings. The lowest BCUT2D eigenvalue weighted by Gasteiger charge is -2.36. The lowest BCUT2D eigenvalue weighted by atomic mass is 9.80. The normalized spacial score (nSPS) is 26.8. The van der Waals surface area contributed by atoms with Gasteiger partial charge >= 0.3 is 5.97 Å². The Bertz CT molecular complexity index is 349. The van der Waals surface area contributed by atoms with E-state index in [2.05, 4.69) is 24.2 Å². The molecule has 1 rings (SSSR count). The highest BCUT2D eigenvalue weighted by molar-refractivity contribution is 5.97. The molecule has 0 aromatic carbocycles. The van der Waals surface area contributed by atoms with Gasteiger partial charge in [-0.3, -0.25) is 9.59 Å². The first-order chi connectivity index (χ1) is 8.62. The van der Waals surface area contributed by atoms with Crippen molar-refractivity contribution >= 4 is 11.9 Å². The number of hydrogen-bond acceptors (Lipinski definition) is 3. The maximum atomic E-state index is 12.2. The van der Waals surface area contributed by atoms with Crippen LogP contribution in [-0.2, 0) is 9.59 Å². The third kappa shape index (κ3) is 4.20. The Morgan fingerprint density at radius 3 is 2.37 bits per heavy atom. The van der Waals surface area contributed by atoms with Crippen LogP contribution in [0.25, 0.3) is 0 Å². The van der Waals surface area contributed by atoms with E-state index < -0.39 is 17.3 Å². The van der Waals surface area contributed by atoms with Gasteiger partial charge < -0.3 is 15.3 Å². The molecule has 0 spiro atoms. The molecule has 0 saturated carbocycles. The number of carboxylic acids is 1. The van der Waals surface area contributed by atoms with E-state index >= 15 is 0 Å². The third-order valence-corrected chi connectivity index (χ3v) is 3.93. The maximum absolute atomic E-state index is 12.2. The van der Waals surface area contributed by atoms with E-state index in [0.717, 1.165) is 19.4 Å². The Morgan fingerprint density at radius 1 is 1.37 bits per heavy atom. The standard InChI is InChI=1S/C14H26N2O3/c1-9-8-10(6-7-16(9)5)15-12(17)11(13(18)19)14(2,3)4/h9-11H,6-8H2,1-5H3,(H,15,17)(H,18,19). The highest BCUT2D eigenvalue weighted by atomic mass is 16.4. The molecule has 2 N–H and O–H groups in total.